The van der Waals surface area contributed by atoms with Crippen LogP contribution in [-0.4, -0.2) is 29.0 Å². The fourth-order valence-electron chi connectivity index (χ4n) is 2.43. The van der Waals surface area contributed by atoms with Gasteiger partial charge in [0.05, 0.1) is 4.92 Å². The highest BCUT2D eigenvalue weighted by Crippen LogP contribution is 2.22. The molecule has 0 aliphatic carbocycles. The number of hydrogen-bond acceptors (Lipinski definition) is 4. The molecule has 1 heterocycles. The first-order chi connectivity index (χ1) is 8.47. The Kier molecular flexibility index (Phi) is 5.29. The second-order valence-electron chi connectivity index (χ2n) is 5.21. The molecular formula is C13H20ClN3O2. The molecule has 2 unspecified atom stereocenters. The second kappa shape index (κ2) is 6.32. The SMILES string of the molecule is Cc1ccc(CN2CC(C)C(N)C2)cc1[N+](=O)[O-].Cl. The molecular weight excluding hydrogens is 266 g/mol. The van der Waals surface area contributed by atoms with Gasteiger partial charge >= 0.3 is 0 Å². The fraction of sp³-hybridized carbons (Fsp3) is 0.538. The monoisotopic (exact) mass is 285 g/mol. The topological polar surface area (TPSA) is 72.4 Å². The van der Waals surface area contributed by atoms with E-state index in [1.54, 1.807) is 13.0 Å². The molecule has 0 saturated carbocycles. The van der Waals surface area contributed by atoms with Crippen molar-refractivity contribution in [3.05, 3.63) is 39.4 Å². The van der Waals surface area contributed by atoms with Gasteiger partial charge in [-0.25, -0.2) is 0 Å². The summed E-state index contributed by atoms with van der Waals surface area (Å²) in [5.74, 6) is 0.491. The lowest BCUT2D eigenvalue weighted by atomic mass is 10.1. The third-order valence-electron chi connectivity index (χ3n) is 3.62. The van der Waals surface area contributed by atoms with Gasteiger partial charge in [0, 0.05) is 37.3 Å². The Morgan fingerprint density at radius 1 is 1.47 bits per heavy atom. The van der Waals surface area contributed by atoms with E-state index in [0.717, 1.165) is 25.2 Å². The minimum absolute atomic E-state index is 0. The van der Waals surface area contributed by atoms with Crippen molar-refractivity contribution in [1.29, 1.82) is 0 Å². The average Bonchev–Trinajstić information content (AvgIpc) is 2.60. The van der Waals surface area contributed by atoms with E-state index >= 15 is 0 Å². The molecule has 0 bridgehead atoms. The van der Waals surface area contributed by atoms with Gasteiger partial charge < -0.3 is 5.73 Å². The molecule has 1 fully saturated rings. The number of nitrogens with two attached hydrogens (primary N) is 1. The summed E-state index contributed by atoms with van der Waals surface area (Å²) in [5.41, 5.74) is 7.86. The third kappa shape index (κ3) is 3.65. The Balaban J connectivity index is 0.00000180. The minimum Gasteiger partial charge on any atom is -0.326 e. The number of nitro benzene ring substituents is 1. The Morgan fingerprint density at radius 3 is 2.68 bits per heavy atom. The lowest BCUT2D eigenvalue weighted by molar-refractivity contribution is -0.385. The van der Waals surface area contributed by atoms with Crippen molar-refractivity contribution in [3.8, 4) is 0 Å². The third-order valence-corrected chi connectivity index (χ3v) is 3.62. The summed E-state index contributed by atoms with van der Waals surface area (Å²) in [5, 5.41) is 10.9. The first-order valence-corrected chi connectivity index (χ1v) is 6.19. The molecule has 1 aromatic carbocycles. The van der Waals surface area contributed by atoms with Crippen LogP contribution in [0.25, 0.3) is 0 Å². The predicted octanol–water partition coefficient (Wildman–Crippen LogP) is 2.10. The van der Waals surface area contributed by atoms with E-state index in [1.807, 2.05) is 12.1 Å². The quantitative estimate of drug-likeness (QED) is 0.682. The summed E-state index contributed by atoms with van der Waals surface area (Å²) < 4.78 is 0. The normalized spacial score (nSPS) is 23.1. The summed E-state index contributed by atoms with van der Waals surface area (Å²) >= 11 is 0. The van der Waals surface area contributed by atoms with E-state index in [0.29, 0.717) is 11.5 Å². The smallest absolute Gasteiger partial charge is 0.272 e. The zero-order valence-electron chi connectivity index (χ0n) is 11.2. The molecule has 0 amide bonds. The fourth-order valence-corrected chi connectivity index (χ4v) is 2.43. The number of hydrogen-bond donors (Lipinski definition) is 1. The second-order valence-corrected chi connectivity index (χ2v) is 5.21. The van der Waals surface area contributed by atoms with E-state index in [9.17, 15) is 10.1 Å². The molecule has 1 saturated heterocycles. The standard InChI is InChI=1S/C13H19N3O2.ClH/c1-9-3-4-11(5-13(9)16(17)18)7-15-6-10(2)12(14)8-15;/h3-5,10,12H,6-8,14H2,1-2H3;1H. The van der Waals surface area contributed by atoms with Gasteiger partial charge in [-0.3, -0.25) is 15.0 Å². The van der Waals surface area contributed by atoms with Crippen molar-refractivity contribution in [2.45, 2.75) is 26.4 Å². The molecule has 0 radical (unpaired) electrons. The maximum Gasteiger partial charge on any atom is 0.272 e. The predicted molar refractivity (Wildman–Crippen MR) is 77.5 cm³/mol. The van der Waals surface area contributed by atoms with Crippen LogP contribution in [-0.2, 0) is 6.54 Å². The van der Waals surface area contributed by atoms with Crippen molar-refractivity contribution in [3.63, 3.8) is 0 Å². The van der Waals surface area contributed by atoms with Gasteiger partial charge in [0.2, 0.25) is 0 Å². The highest BCUT2D eigenvalue weighted by atomic mass is 35.5. The Bertz CT molecular complexity index is 457. The van der Waals surface area contributed by atoms with Crippen LogP contribution in [0.4, 0.5) is 5.69 Å². The molecule has 1 aromatic rings. The van der Waals surface area contributed by atoms with Crippen LogP contribution in [0.2, 0.25) is 0 Å². The molecule has 0 spiro atoms. The first-order valence-electron chi connectivity index (χ1n) is 6.19. The highest BCUT2D eigenvalue weighted by molar-refractivity contribution is 5.85. The molecule has 2 rings (SSSR count). The Labute approximate surface area is 119 Å². The molecule has 1 aliphatic heterocycles. The zero-order chi connectivity index (χ0) is 13.3. The molecule has 2 N–H and O–H groups in total. The molecule has 0 aromatic heterocycles. The van der Waals surface area contributed by atoms with Gasteiger partial charge in [0.25, 0.3) is 5.69 Å². The molecule has 106 valence electrons. The highest BCUT2D eigenvalue weighted by Gasteiger charge is 2.26. The summed E-state index contributed by atoms with van der Waals surface area (Å²) in [6.45, 7) is 6.46. The van der Waals surface area contributed by atoms with Crippen LogP contribution >= 0.6 is 12.4 Å². The van der Waals surface area contributed by atoms with E-state index in [1.165, 1.54) is 0 Å². The lowest BCUT2D eigenvalue weighted by Gasteiger charge is -2.15. The van der Waals surface area contributed by atoms with Crippen LogP contribution in [0, 0.1) is 23.0 Å². The number of nitrogens with zero attached hydrogens (tertiary/aromatic N) is 2. The number of likely N-dealkylation sites (tertiary alicyclic amines) is 1. The molecule has 5 nitrogen and oxygen atoms in total. The van der Waals surface area contributed by atoms with E-state index in [-0.39, 0.29) is 29.1 Å². The molecule has 2 atom stereocenters. The number of halogens is 1. The van der Waals surface area contributed by atoms with Crippen molar-refractivity contribution < 1.29 is 4.92 Å². The van der Waals surface area contributed by atoms with E-state index in [4.69, 9.17) is 5.73 Å². The molecule has 19 heavy (non-hydrogen) atoms. The van der Waals surface area contributed by atoms with Gasteiger partial charge in [0.15, 0.2) is 0 Å². The summed E-state index contributed by atoms with van der Waals surface area (Å²) in [6.07, 6.45) is 0. The minimum atomic E-state index is -0.322. The van der Waals surface area contributed by atoms with Crippen molar-refractivity contribution in [1.82, 2.24) is 4.90 Å². The number of rotatable bonds is 3. The zero-order valence-corrected chi connectivity index (χ0v) is 12.0. The number of benzene rings is 1. The van der Waals surface area contributed by atoms with Crippen LogP contribution < -0.4 is 5.73 Å². The van der Waals surface area contributed by atoms with Crippen molar-refractivity contribution >= 4 is 18.1 Å². The van der Waals surface area contributed by atoms with Gasteiger partial charge in [-0.15, -0.1) is 12.4 Å². The largest absolute Gasteiger partial charge is 0.326 e. The van der Waals surface area contributed by atoms with Gasteiger partial charge in [-0.05, 0) is 18.4 Å². The van der Waals surface area contributed by atoms with Crippen molar-refractivity contribution in [2.24, 2.45) is 11.7 Å². The maximum atomic E-state index is 10.9. The van der Waals surface area contributed by atoms with E-state index in [2.05, 4.69) is 11.8 Å². The Hall–Kier alpha value is -1.17. The van der Waals surface area contributed by atoms with Crippen LogP contribution in [0.15, 0.2) is 18.2 Å². The average molecular weight is 286 g/mol. The van der Waals surface area contributed by atoms with Gasteiger partial charge in [0.1, 0.15) is 0 Å². The number of nitro groups is 1. The lowest BCUT2D eigenvalue weighted by Crippen LogP contribution is -2.28. The first kappa shape index (κ1) is 15.9. The van der Waals surface area contributed by atoms with E-state index < -0.39 is 0 Å². The Morgan fingerprint density at radius 2 is 2.16 bits per heavy atom. The summed E-state index contributed by atoms with van der Waals surface area (Å²) in [7, 11) is 0. The summed E-state index contributed by atoms with van der Waals surface area (Å²) in [4.78, 5) is 12.8. The van der Waals surface area contributed by atoms with Crippen molar-refractivity contribution in [2.75, 3.05) is 13.1 Å². The molecule has 1 aliphatic rings. The maximum absolute atomic E-state index is 10.9. The van der Waals surface area contributed by atoms with Crippen LogP contribution in [0.5, 0.6) is 0 Å². The van der Waals surface area contributed by atoms with Gasteiger partial charge in [-0.2, -0.15) is 0 Å². The molecule has 6 heteroatoms. The van der Waals surface area contributed by atoms with Crippen LogP contribution in [0.3, 0.4) is 0 Å². The number of aryl methyl sites for hydroxylation is 1. The summed E-state index contributed by atoms with van der Waals surface area (Å²) in [6, 6.07) is 5.65. The van der Waals surface area contributed by atoms with Crippen LogP contribution in [0.1, 0.15) is 18.1 Å². The van der Waals surface area contributed by atoms with Gasteiger partial charge in [-0.1, -0.05) is 19.1 Å².